The molecule has 0 bridgehead atoms. The van der Waals surface area contributed by atoms with E-state index in [0.717, 1.165) is 39.8 Å². The molecule has 3 aromatic rings. The van der Waals surface area contributed by atoms with Crippen molar-refractivity contribution in [3.63, 3.8) is 0 Å². The number of carboxylic acids is 1. The summed E-state index contributed by atoms with van der Waals surface area (Å²) in [6.07, 6.45) is 7.11. The molecule has 39 heavy (non-hydrogen) atoms. The molecule has 0 aliphatic rings. The minimum Gasteiger partial charge on any atom is -0.494 e. The lowest BCUT2D eigenvalue weighted by molar-refractivity contribution is -0.133. The highest BCUT2D eigenvalue weighted by Crippen LogP contribution is 2.33. The zero-order valence-electron chi connectivity index (χ0n) is 23.4. The number of thiazole rings is 1. The van der Waals surface area contributed by atoms with Crippen molar-refractivity contribution in [2.24, 2.45) is 0 Å². The molecule has 0 radical (unpaired) electrons. The Morgan fingerprint density at radius 2 is 1.59 bits per heavy atom. The molecule has 0 saturated carbocycles. The number of rotatable bonds is 12. The number of carboxylic acid groups (broad SMARTS) is 1. The molecule has 0 saturated heterocycles. The van der Waals surface area contributed by atoms with E-state index in [1.165, 1.54) is 25.7 Å². The lowest BCUT2D eigenvalue weighted by Crippen LogP contribution is -2.34. The Hall–Kier alpha value is -3.65. The number of nitrogens with one attached hydrogen (secondary N) is 1. The molecule has 0 atom stereocenters. The molecule has 0 fully saturated rings. The Balaban J connectivity index is 1.66. The van der Waals surface area contributed by atoms with E-state index < -0.39 is 17.7 Å². The van der Waals surface area contributed by atoms with E-state index in [1.54, 1.807) is 39.0 Å². The Labute approximate surface area is 234 Å². The Bertz CT molecular complexity index is 1270. The number of hydrogen-bond donors (Lipinski definition) is 2. The summed E-state index contributed by atoms with van der Waals surface area (Å²) < 4.78 is 11.1. The van der Waals surface area contributed by atoms with Gasteiger partial charge in [-0.3, -0.25) is 5.32 Å². The summed E-state index contributed by atoms with van der Waals surface area (Å²) in [5.74, 6) is -0.365. The van der Waals surface area contributed by atoms with Gasteiger partial charge in [-0.05, 0) is 75.1 Å². The molecule has 1 aromatic heterocycles. The highest BCUT2D eigenvalue weighted by Gasteiger charge is 2.21. The van der Waals surface area contributed by atoms with Crippen LogP contribution < -0.4 is 10.1 Å². The molecule has 2 aromatic carbocycles. The van der Waals surface area contributed by atoms with Gasteiger partial charge in [-0.25, -0.2) is 14.6 Å². The van der Waals surface area contributed by atoms with Gasteiger partial charge in [-0.15, -0.1) is 11.3 Å². The van der Waals surface area contributed by atoms with Crippen molar-refractivity contribution in [2.75, 3.05) is 6.61 Å². The van der Waals surface area contributed by atoms with Crippen LogP contribution in [0.25, 0.3) is 26.6 Å². The van der Waals surface area contributed by atoms with Gasteiger partial charge in [0.25, 0.3) is 0 Å². The normalized spacial score (nSPS) is 12.0. The number of amides is 1. The average molecular weight is 551 g/mol. The van der Waals surface area contributed by atoms with Gasteiger partial charge in [-0.1, -0.05) is 56.9 Å². The van der Waals surface area contributed by atoms with E-state index in [1.807, 2.05) is 54.7 Å². The summed E-state index contributed by atoms with van der Waals surface area (Å²) in [6, 6.07) is 15.5. The van der Waals surface area contributed by atoms with Crippen LogP contribution >= 0.6 is 11.3 Å². The van der Waals surface area contributed by atoms with Crippen molar-refractivity contribution in [1.29, 1.82) is 0 Å². The second-order valence-electron chi connectivity index (χ2n) is 10.3. The fraction of sp³-hybridized carbons (Fsp3) is 0.387. The van der Waals surface area contributed by atoms with Gasteiger partial charge in [0.2, 0.25) is 0 Å². The van der Waals surface area contributed by atoms with Crippen LogP contribution in [0.2, 0.25) is 0 Å². The van der Waals surface area contributed by atoms with Gasteiger partial charge in [-0.2, -0.15) is 0 Å². The summed E-state index contributed by atoms with van der Waals surface area (Å²) in [5, 5.41) is 12.9. The number of aromatic nitrogens is 1. The first-order chi connectivity index (χ1) is 18.6. The topological polar surface area (TPSA) is 97.8 Å². The molecule has 0 unspecified atom stereocenters. The maximum atomic E-state index is 12.1. The van der Waals surface area contributed by atoms with Gasteiger partial charge in [0.15, 0.2) is 0 Å². The third-order valence-electron chi connectivity index (χ3n) is 5.94. The Kier molecular flexibility index (Phi) is 10.7. The number of ether oxygens (including phenoxy) is 2. The number of unbranched alkanes of at least 4 members (excludes halogenated alkanes) is 4. The first-order valence-corrected chi connectivity index (χ1v) is 14.1. The van der Waals surface area contributed by atoms with Crippen LogP contribution in [0, 0.1) is 0 Å². The van der Waals surface area contributed by atoms with Crippen LogP contribution in [-0.4, -0.2) is 34.4 Å². The number of alkyl carbamates (subject to hydrolysis) is 1. The lowest BCUT2D eigenvalue weighted by atomic mass is 10.0. The first kappa shape index (κ1) is 29.9. The Morgan fingerprint density at radius 1 is 0.949 bits per heavy atom. The third kappa shape index (κ3) is 9.25. The van der Waals surface area contributed by atoms with E-state index in [2.05, 4.69) is 17.2 Å². The standard InChI is InChI=1S/C31H38N2O5S/c1-6-7-8-9-10-19-37-25-17-15-23(16-18-25)26-20-32-28(39-26)24-13-11-22(12-14-24)21(2)27(29(34)35)33-30(36)38-31(3,4)5/h11-18,20H,6-10,19H2,1-5H3,(H,33,36)(H,34,35). The maximum absolute atomic E-state index is 12.1. The lowest BCUT2D eigenvalue weighted by Gasteiger charge is -2.20. The molecule has 0 aliphatic heterocycles. The van der Waals surface area contributed by atoms with E-state index in [0.29, 0.717) is 11.1 Å². The highest BCUT2D eigenvalue weighted by molar-refractivity contribution is 7.18. The molecule has 2 N–H and O–H groups in total. The smallest absolute Gasteiger partial charge is 0.412 e. The number of benzene rings is 2. The summed E-state index contributed by atoms with van der Waals surface area (Å²) in [7, 11) is 0. The van der Waals surface area contributed by atoms with Crippen molar-refractivity contribution in [2.45, 2.75) is 72.3 Å². The number of nitrogens with zero attached hydrogens (tertiary/aromatic N) is 1. The van der Waals surface area contributed by atoms with E-state index in [9.17, 15) is 14.7 Å². The van der Waals surface area contributed by atoms with Crippen LogP contribution in [0.15, 0.2) is 60.4 Å². The van der Waals surface area contributed by atoms with Crippen molar-refractivity contribution in [1.82, 2.24) is 10.3 Å². The molecule has 0 aliphatic carbocycles. The molecule has 208 valence electrons. The number of carbonyl (C=O) groups is 2. The maximum Gasteiger partial charge on any atom is 0.412 e. The predicted octanol–water partition coefficient (Wildman–Crippen LogP) is 8.17. The summed E-state index contributed by atoms with van der Waals surface area (Å²) in [5.41, 5.74) is 2.12. The second kappa shape index (κ2) is 13.9. The van der Waals surface area contributed by atoms with Crippen molar-refractivity contribution < 1.29 is 24.2 Å². The quantitative estimate of drug-likeness (QED) is 0.174. The zero-order valence-corrected chi connectivity index (χ0v) is 24.2. The molecule has 0 spiro atoms. The van der Waals surface area contributed by atoms with Gasteiger partial charge < -0.3 is 14.6 Å². The van der Waals surface area contributed by atoms with Gasteiger partial charge in [0, 0.05) is 11.8 Å². The van der Waals surface area contributed by atoms with E-state index >= 15 is 0 Å². The van der Waals surface area contributed by atoms with Gasteiger partial charge in [0.1, 0.15) is 22.1 Å². The number of hydrogen-bond acceptors (Lipinski definition) is 6. The molecular weight excluding hydrogens is 512 g/mol. The first-order valence-electron chi connectivity index (χ1n) is 13.3. The largest absolute Gasteiger partial charge is 0.494 e. The fourth-order valence-electron chi connectivity index (χ4n) is 3.87. The SMILES string of the molecule is CCCCCCCOc1ccc(-c2cnc(-c3ccc(C(C)=C(NC(=O)OC(C)(C)C)C(=O)O)cc3)s2)cc1. The second-order valence-corrected chi connectivity index (χ2v) is 11.4. The summed E-state index contributed by atoms with van der Waals surface area (Å²) in [6.45, 7) is 9.75. The molecular formula is C31H38N2O5S. The molecule has 1 heterocycles. The number of allylic oxidation sites excluding steroid dienone is 1. The van der Waals surface area contributed by atoms with Crippen LogP contribution in [0.3, 0.4) is 0 Å². The van der Waals surface area contributed by atoms with Crippen LogP contribution in [0.1, 0.15) is 72.3 Å². The Morgan fingerprint density at radius 3 is 2.21 bits per heavy atom. The van der Waals surface area contributed by atoms with Crippen molar-refractivity contribution >= 4 is 29.0 Å². The molecule has 7 nitrogen and oxygen atoms in total. The van der Waals surface area contributed by atoms with E-state index in [4.69, 9.17) is 9.47 Å². The number of carbonyl (C=O) groups excluding carboxylic acids is 1. The fourth-order valence-corrected chi connectivity index (χ4v) is 4.80. The third-order valence-corrected chi connectivity index (χ3v) is 7.04. The average Bonchev–Trinajstić information content (AvgIpc) is 3.39. The summed E-state index contributed by atoms with van der Waals surface area (Å²) >= 11 is 1.58. The minimum atomic E-state index is -1.24. The number of aliphatic carboxylic acids is 1. The molecule has 1 amide bonds. The minimum absolute atomic E-state index is 0.225. The predicted molar refractivity (Wildman–Crippen MR) is 157 cm³/mol. The van der Waals surface area contributed by atoms with Crippen LogP contribution in [0.4, 0.5) is 4.79 Å². The van der Waals surface area contributed by atoms with Crippen LogP contribution in [0.5, 0.6) is 5.75 Å². The van der Waals surface area contributed by atoms with Crippen LogP contribution in [-0.2, 0) is 9.53 Å². The highest BCUT2D eigenvalue weighted by atomic mass is 32.1. The molecule has 3 rings (SSSR count). The van der Waals surface area contributed by atoms with Crippen molar-refractivity contribution in [3.05, 3.63) is 66.0 Å². The van der Waals surface area contributed by atoms with Crippen molar-refractivity contribution in [3.8, 4) is 26.8 Å². The summed E-state index contributed by atoms with van der Waals surface area (Å²) in [4.78, 5) is 29.6. The monoisotopic (exact) mass is 550 g/mol. The molecule has 8 heteroatoms. The zero-order chi connectivity index (χ0) is 28.4. The van der Waals surface area contributed by atoms with Gasteiger partial charge >= 0.3 is 12.1 Å². The van der Waals surface area contributed by atoms with Gasteiger partial charge in [0.05, 0.1) is 11.5 Å². The van der Waals surface area contributed by atoms with E-state index in [-0.39, 0.29) is 5.70 Å².